The molecule has 0 spiro atoms. The first-order chi connectivity index (χ1) is 9.25. The summed E-state index contributed by atoms with van der Waals surface area (Å²) < 4.78 is 0. The van der Waals surface area contributed by atoms with Crippen molar-refractivity contribution >= 4 is 5.91 Å². The Bertz CT molecular complexity index is 603. The summed E-state index contributed by atoms with van der Waals surface area (Å²) in [5.74, 6) is 0.0722. The van der Waals surface area contributed by atoms with Crippen LogP contribution in [0.2, 0.25) is 0 Å². The highest BCUT2D eigenvalue weighted by Crippen LogP contribution is 2.20. The molecule has 0 fully saturated rings. The number of carbonyl (C=O) groups excluding carboxylic acids is 1. The van der Waals surface area contributed by atoms with Gasteiger partial charge < -0.3 is 4.90 Å². The molecule has 4 heteroatoms. The van der Waals surface area contributed by atoms with Gasteiger partial charge >= 0.3 is 0 Å². The van der Waals surface area contributed by atoms with Crippen molar-refractivity contribution in [3.05, 3.63) is 52.8 Å². The maximum absolute atomic E-state index is 12.5. The second-order valence-corrected chi connectivity index (χ2v) is 5.01. The molecule has 0 aliphatic carbocycles. The van der Waals surface area contributed by atoms with Gasteiger partial charge in [0.15, 0.2) is 0 Å². The van der Waals surface area contributed by atoms with E-state index in [1.807, 2.05) is 17.9 Å². The van der Waals surface area contributed by atoms with E-state index in [0.29, 0.717) is 12.1 Å². The van der Waals surface area contributed by atoms with Gasteiger partial charge in [-0.15, -0.1) is 0 Å². The first-order valence-corrected chi connectivity index (χ1v) is 6.62. The number of nitrogens with one attached hydrogen (secondary N) is 1. The van der Waals surface area contributed by atoms with Gasteiger partial charge in [0.05, 0.1) is 11.8 Å². The van der Waals surface area contributed by atoms with Crippen LogP contribution >= 0.6 is 0 Å². The Labute approximate surface area is 112 Å². The van der Waals surface area contributed by atoms with Crippen molar-refractivity contribution in [3.63, 3.8) is 0 Å². The van der Waals surface area contributed by atoms with Crippen LogP contribution in [0.3, 0.4) is 0 Å². The summed E-state index contributed by atoms with van der Waals surface area (Å²) in [5, 5.41) is 6.76. The highest BCUT2D eigenvalue weighted by atomic mass is 16.2. The molecule has 0 bridgehead atoms. The summed E-state index contributed by atoms with van der Waals surface area (Å²) in [4.78, 5) is 14.4. The van der Waals surface area contributed by atoms with E-state index in [2.05, 4.69) is 28.4 Å². The third-order valence-electron chi connectivity index (χ3n) is 3.70. The highest BCUT2D eigenvalue weighted by molar-refractivity contribution is 5.95. The molecule has 19 heavy (non-hydrogen) atoms. The zero-order valence-electron chi connectivity index (χ0n) is 11.0. The second kappa shape index (κ2) is 4.88. The number of amides is 1. The van der Waals surface area contributed by atoms with Gasteiger partial charge in [0.25, 0.3) is 5.91 Å². The van der Waals surface area contributed by atoms with Crippen LogP contribution in [-0.2, 0) is 13.0 Å². The molecular formula is C15H17N3O. The largest absolute Gasteiger partial charge is 0.334 e. The number of aryl methyl sites for hydroxylation is 2. The maximum Gasteiger partial charge on any atom is 0.257 e. The van der Waals surface area contributed by atoms with E-state index in [1.165, 1.54) is 11.1 Å². The minimum atomic E-state index is 0.0722. The van der Waals surface area contributed by atoms with Gasteiger partial charge in [0, 0.05) is 18.8 Å². The number of nitrogens with zero attached hydrogens (tertiary/aromatic N) is 2. The molecular weight excluding hydrogens is 238 g/mol. The van der Waals surface area contributed by atoms with Crippen molar-refractivity contribution in [2.24, 2.45) is 0 Å². The summed E-state index contributed by atoms with van der Waals surface area (Å²) in [5.41, 5.74) is 4.14. The molecule has 0 unspecified atom stereocenters. The van der Waals surface area contributed by atoms with Crippen LogP contribution in [-0.4, -0.2) is 27.5 Å². The standard InChI is InChI=1S/C15H17N3O/c1-11-14(9-16-17-11)15(19)18-8-4-7-12-5-2-3-6-13(12)10-18/h2-3,5-6,9H,4,7-8,10H2,1H3,(H,16,17). The number of aromatic amines is 1. The van der Waals surface area contributed by atoms with Gasteiger partial charge in [-0.05, 0) is 30.9 Å². The lowest BCUT2D eigenvalue weighted by Crippen LogP contribution is -2.30. The van der Waals surface area contributed by atoms with Gasteiger partial charge in [-0.25, -0.2) is 0 Å². The average Bonchev–Trinajstić information content (AvgIpc) is 2.73. The van der Waals surface area contributed by atoms with E-state index in [9.17, 15) is 4.79 Å². The summed E-state index contributed by atoms with van der Waals surface area (Å²) in [7, 11) is 0. The van der Waals surface area contributed by atoms with Crippen LogP contribution < -0.4 is 0 Å². The Kier molecular flexibility index (Phi) is 3.07. The predicted octanol–water partition coefficient (Wildman–Crippen LogP) is 2.31. The van der Waals surface area contributed by atoms with Gasteiger partial charge in [-0.1, -0.05) is 24.3 Å². The summed E-state index contributed by atoms with van der Waals surface area (Å²) in [6.07, 6.45) is 3.68. The smallest absolute Gasteiger partial charge is 0.257 e. The topological polar surface area (TPSA) is 49.0 Å². The van der Waals surface area contributed by atoms with Crippen LogP contribution in [0.4, 0.5) is 0 Å². The lowest BCUT2D eigenvalue weighted by Gasteiger charge is -2.20. The monoisotopic (exact) mass is 255 g/mol. The molecule has 0 saturated carbocycles. The van der Waals surface area contributed by atoms with E-state index in [-0.39, 0.29) is 5.91 Å². The average molecular weight is 255 g/mol. The lowest BCUT2D eigenvalue weighted by atomic mass is 10.0. The Hall–Kier alpha value is -2.10. The molecule has 1 N–H and O–H groups in total. The zero-order valence-corrected chi connectivity index (χ0v) is 11.0. The molecule has 3 rings (SSSR count). The number of rotatable bonds is 1. The first-order valence-electron chi connectivity index (χ1n) is 6.62. The minimum absolute atomic E-state index is 0.0722. The molecule has 1 aromatic heterocycles. The Morgan fingerprint density at radius 3 is 2.84 bits per heavy atom. The summed E-state index contributed by atoms with van der Waals surface area (Å²) >= 11 is 0. The van der Waals surface area contributed by atoms with Gasteiger partial charge in [-0.3, -0.25) is 9.89 Å². The fourth-order valence-corrected chi connectivity index (χ4v) is 2.61. The quantitative estimate of drug-likeness (QED) is 0.850. The van der Waals surface area contributed by atoms with Crippen LogP contribution in [0.15, 0.2) is 30.5 Å². The molecule has 4 nitrogen and oxygen atoms in total. The third-order valence-corrected chi connectivity index (χ3v) is 3.70. The summed E-state index contributed by atoms with van der Waals surface area (Å²) in [6, 6.07) is 8.38. The van der Waals surface area contributed by atoms with Crippen molar-refractivity contribution in [3.8, 4) is 0 Å². The Morgan fingerprint density at radius 2 is 2.11 bits per heavy atom. The van der Waals surface area contributed by atoms with E-state index >= 15 is 0 Å². The Morgan fingerprint density at radius 1 is 1.32 bits per heavy atom. The first kappa shape index (κ1) is 12.0. The number of hydrogen-bond acceptors (Lipinski definition) is 2. The van der Waals surface area contributed by atoms with Gasteiger partial charge in [0.1, 0.15) is 0 Å². The van der Waals surface area contributed by atoms with E-state index in [0.717, 1.165) is 25.1 Å². The number of carbonyl (C=O) groups is 1. The minimum Gasteiger partial charge on any atom is -0.334 e. The lowest BCUT2D eigenvalue weighted by molar-refractivity contribution is 0.0745. The van der Waals surface area contributed by atoms with Crippen molar-refractivity contribution in [2.75, 3.05) is 6.54 Å². The van der Waals surface area contributed by atoms with Crippen molar-refractivity contribution in [1.29, 1.82) is 0 Å². The zero-order chi connectivity index (χ0) is 13.2. The molecule has 2 aromatic rings. The van der Waals surface area contributed by atoms with Crippen molar-refractivity contribution < 1.29 is 4.79 Å². The molecule has 0 radical (unpaired) electrons. The second-order valence-electron chi connectivity index (χ2n) is 5.01. The van der Waals surface area contributed by atoms with E-state index in [4.69, 9.17) is 0 Å². The van der Waals surface area contributed by atoms with Gasteiger partial charge in [-0.2, -0.15) is 5.10 Å². The van der Waals surface area contributed by atoms with Crippen molar-refractivity contribution in [2.45, 2.75) is 26.3 Å². The molecule has 1 aromatic carbocycles. The molecule has 1 amide bonds. The Balaban J connectivity index is 1.87. The number of H-pyrrole nitrogens is 1. The number of fused-ring (bicyclic) bond motifs is 1. The number of hydrogen-bond donors (Lipinski definition) is 1. The summed E-state index contributed by atoms with van der Waals surface area (Å²) in [6.45, 7) is 3.38. The molecule has 2 heterocycles. The normalized spacial score (nSPS) is 14.9. The molecule has 0 saturated heterocycles. The molecule has 1 aliphatic heterocycles. The number of aromatic nitrogens is 2. The molecule has 98 valence electrons. The van der Waals surface area contributed by atoms with Crippen LogP contribution in [0.25, 0.3) is 0 Å². The van der Waals surface area contributed by atoms with Crippen molar-refractivity contribution in [1.82, 2.24) is 15.1 Å². The molecule has 1 aliphatic rings. The van der Waals surface area contributed by atoms with E-state index < -0.39 is 0 Å². The fraction of sp³-hybridized carbons (Fsp3) is 0.333. The SMILES string of the molecule is Cc1[nH]ncc1C(=O)N1CCCc2ccccc2C1. The van der Waals surface area contributed by atoms with Crippen LogP contribution in [0.5, 0.6) is 0 Å². The maximum atomic E-state index is 12.5. The molecule has 0 atom stereocenters. The van der Waals surface area contributed by atoms with Gasteiger partial charge in [0.2, 0.25) is 0 Å². The predicted molar refractivity (Wildman–Crippen MR) is 72.8 cm³/mol. The van der Waals surface area contributed by atoms with Crippen LogP contribution in [0.1, 0.15) is 33.6 Å². The fourth-order valence-electron chi connectivity index (χ4n) is 2.61. The van der Waals surface area contributed by atoms with Crippen LogP contribution in [0, 0.1) is 6.92 Å². The van der Waals surface area contributed by atoms with E-state index in [1.54, 1.807) is 6.20 Å². The number of benzene rings is 1. The third kappa shape index (κ3) is 2.26. The highest BCUT2D eigenvalue weighted by Gasteiger charge is 2.21.